The third-order valence-electron chi connectivity index (χ3n) is 10.2. The molecule has 1 N–H and O–H groups in total. The summed E-state index contributed by atoms with van der Waals surface area (Å²) in [5.41, 5.74) is -2.35. The lowest BCUT2D eigenvalue weighted by Crippen LogP contribution is -2.42. The van der Waals surface area contributed by atoms with E-state index in [1.54, 1.807) is 13.8 Å². The Hall–Kier alpha value is -2.63. The molecule has 0 aromatic heterocycles. The highest BCUT2D eigenvalue weighted by molar-refractivity contribution is 5.84. The van der Waals surface area contributed by atoms with Crippen LogP contribution >= 0.6 is 0 Å². The highest BCUT2D eigenvalue weighted by Crippen LogP contribution is 2.62. The molecule has 2 bridgehead atoms. The summed E-state index contributed by atoms with van der Waals surface area (Å²) >= 11 is 0. The molecule has 1 aliphatic heterocycles. The first kappa shape index (κ1) is 35.6. The summed E-state index contributed by atoms with van der Waals surface area (Å²) in [6.07, 6.45) is 8.69. The normalized spacial score (nSPS) is 28.3. The summed E-state index contributed by atoms with van der Waals surface area (Å²) in [5.74, 6) is -1.44. The van der Waals surface area contributed by atoms with Gasteiger partial charge in [0.25, 0.3) is 0 Å². The smallest absolute Gasteiger partial charge is 0.327 e. The summed E-state index contributed by atoms with van der Waals surface area (Å²) < 4.78 is 16.5. The molecule has 238 valence electrons. The van der Waals surface area contributed by atoms with Gasteiger partial charge in [-0.2, -0.15) is 5.26 Å². The monoisotopic (exact) mass is 591 g/mol. The molecule has 4 fully saturated rings. The van der Waals surface area contributed by atoms with Crippen LogP contribution < -0.4 is 0 Å². The number of nitrogens with zero attached hydrogens (tertiary/aromatic N) is 1. The highest BCUT2D eigenvalue weighted by Gasteiger charge is 2.72. The number of ether oxygens (including phenoxy) is 3. The van der Waals surface area contributed by atoms with Crippen LogP contribution in [0.1, 0.15) is 127 Å². The predicted octanol–water partition coefficient (Wildman–Crippen LogP) is 6.62. The van der Waals surface area contributed by atoms with Crippen molar-refractivity contribution in [3.05, 3.63) is 0 Å². The molecular formula is C33H53NO8. The molecule has 3 aliphatic carbocycles. The lowest BCUT2D eigenvalue weighted by molar-refractivity contribution is -0.170. The molecule has 4 aliphatic rings. The third-order valence-corrected chi connectivity index (χ3v) is 10.2. The van der Waals surface area contributed by atoms with E-state index in [1.807, 2.05) is 48.5 Å². The zero-order valence-electron chi connectivity index (χ0n) is 27.2. The number of carbonyl (C=O) groups is 4. The summed E-state index contributed by atoms with van der Waals surface area (Å²) in [7, 11) is 0. The van der Waals surface area contributed by atoms with Gasteiger partial charge in [0.2, 0.25) is 0 Å². The SMILES string of the molecule is CCC(C)(C)C(=O)O.CCC(C)(C)C(=O)OC1C2CC3C1OC(=O)C3(C#N)C2.CCC(C)(C)C(=O)OC1CCCCC1. The van der Waals surface area contributed by atoms with Gasteiger partial charge in [0.05, 0.1) is 22.3 Å². The maximum absolute atomic E-state index is 12.2. The van der Waals surface area contributed by atoms with Gasteiger partial charge >= 0.3 is 23.9 Å². The van der Waals surface area contributed by atoms with E-state index in [0.717, 1.165) is 25.7 Å². The number of carboxylic acids is 1. The van der Waals surface area contributed by atoms with Gasteiger partial charge in [-0.15, -0.1) is 0 Å². The average molecular weight is 592 g/mol. The average Bonchev–Trinajstić information content (AvgIpc) is 3.56. The minimum Gasteiger partial charge on any atom is -0.481 e. The second-order valence-corrected chi connectivity index (χ2v) is 14.3. The molecule has 0 radical (unpaired) electrons. The topological polar surface area (TPSA) is 140 Å². The quantitative estimate of drug-likeness (QED) is 0.244. The van der Waals surface area contributed by atoms with Crippen LogP contribution in [0.2, 0.25) is 0 Å². The van der Waals surface area contributed by atoms with Crippen molar-refractivity contribution in [2.24, 2.45) is 33.5 Å². The molecule has 9 heteroatoms. The van der Waals surface area contributed by atoms with E-state index in [-0.39, 0.29) is 41.4 Å². The van der Waals surface area contributed by atoms with Gasteiger partial charge in [0, 0.05) is 11.8 Å². The minimum absolute atomic E-state index is 0.0214. The fourth-order valence-corrected chi connectivity index (χ4v) is 5.50. The van der Waals surface area contributed by atoms with Crippen LogP contribution in [0.15, 0.2) is 0 Å². The van der Waals surface area contributed by atoms with Crippen LogP contribution in [0, 0.1) is 44.8 Å². The standard InChI is InChI=1S/C15H19NO4.C12H22O2.C6H12O2/c1-4-14(2,3)12(17)19-10-8-5-9-11(10)20-13(18)15(9,6-8)7-16;1-4-12(2,3)11(13)14-10-8-6-5-7-9-10;1-4-6(2,3)5(7)8/h8-11H,4-6H2,1-3H3;10H,4-9H2,1-3H3;4H2,1-3H3,(H,7,8). The molecule has 0 amide bonds. The van der Waals surface area contributed by atoms with Gasteiger partial charge in [0.1, 0.15) is 18.3 Å². The van der Waals surface area contributed by atoms with E-state index < -0.39 is 34.3 Å². The number of rotatable bonds is 8. The van der Waals surface area contributed by atoms with E-state index >= 15 is 0 Å². The number of fused-ring (bicyclic) bond motifs is 1. The Bertz CT molecular complexity index is 1040. The molecule has 1 heterocycles. The Kier molecular flexibility index (Phi) is 11.7. The molecular weight excluding hydrogens is 538 g/mol. The van der Waals surface area contributed by atoms with Crippen molar-refractivity contribution in [1.29, 1.82) is 5.26 Å². The lowest BCUT2D eigenvalue weighted by atomic mass is 9.74. The van der Waals surface area contributed by atoms with E-state index in [9.17, 15) is 24.4 Å². The molecule has 5 atom stereocenters. The van der Waals surface area contributed by atoms with Crippen LogP contribution in [0.25, 0.3) is 0 Å². The fourth-order valence-electron chi connectivity index (χ4n) is 5.50. The first-order valence-corrected chi connectivity index (χ1v) is 15.7. The molecule has 0 spiro atoms. The maximum Gasteiger partial charge on any atom is 0.327 e. The molecule has 9 nitrogen and oxygen atoms in total. The molecule has 0 aromatic carbocycles. The van der Waals surface area contributed by atoms with Crippen molar-refractivity contribution in [3.8, 4) is 6.07 Å². The van der Waals surface area contributed by atoms with Crippen LogP contribution in [0.5, 0.6) is 0 Å². The van der Waals surface area contributed by atoms with Crippen LogP contribution in [-0.4, -0.2) is 47.3 Å². The first-order valence-electron chi connectivity index (χ1n) is 15.7. The number of esters is 3. The number of hydrogen-bond acceptors (Lipinski definition) is 8. The van der Waals surface area contributed by atoms with E-state index in [2.05, 4.69) is 6.07 Å². The fraction of sp³-hybridized carbons (Fsp3) is 0.848. The number of aliphatic carboxylic acids is 1. The Labute approximate surface area is 252 Å². The molecule has 0 aromatic rings. The van der Waals surface area contributed by atoms with E-state index in [4.69, 9.17) is 19.3 Å². The summed E-state index contributed by atoms with van der Waals surface area (Å²) in [5, 5.41) is 17.8. The zero-order chi connectivity index (χ0) is 32.1. The van der Waals surface area contributed by atoms with Crippen molar-refractivity contribution in [1.82, 2.24) is 0 Å². The van der Waals surface area contributed by atoms with E-state index in [1.165, 1.54) is 19.3 Å². The van der Waals surface area contributed by atoms with Gasteiger partial charge in [-0.05, 0) is 99.3 Å². The van der Waals surface area contributed by atoms with E-state index in [0.29, 0.717) is 19.3 Å². The van der Waals surface area contributed by atoms with Crippen LogP contribution in [-0.2, 0) is 33.4 Å². The van der Waals surface area contributed by atoms with Gasteiger partial charge in [-0.1, -0.05) is 27.2 Å². The Morgan fingerprint density at radius 3 is 1.83 bits per heavy atom. The van der Waals surface area contributed by atoms with Crippen molar-refractivity contribution in [2.45, 2.75) is 145 Å². The van der Waals surface area contributed by atoms with Crippen LogP contribution in [0.3, 0.4) is 0 Å². The van der Waals surface area contributed by atoms with Gasteiger partial charge in [-0.25, -0.2) is 0 Å². The molecule has 3 saturated carbocycles. The van der Waals surface area contributed by atoms with Crippen molar-refractivity contribution >= 4 is 23.9 Å². The molecule has 1 saturated heterocycles. The third kappa shape index (κ3) is 7.65. The van der Waals surface area contributed by atoms with Crippen molar-refractivity contribution in [2.75, 3.05) is 0 Å². The van der Waals surface area contributed by atoms with Gasteiger partial charge < -0.3 is 19.3 Å². The number of hydrogen-bond donors (Lipinski definition) is 1. The highest BCUT2D eigenvalue weighted by atomic mass is 16.6. The van der Waals surface area contributed by atoms with Gasteiger partial charge in [0.15, 0.2) is 5.41 Å². The Morgan fingerprint density at radius 2 is 1.40 bits per heavy atom. The number of carbonyl (C=O) groups excluding carboxylic acids is 3. The zero-order valence-corrected chi connectivity index (χ0v) is 27.2. The second-order valence-electron chi connectivity index (χ2n) is 14.3. The summed E-state index contributed by atoms with van der Waals surface area (Å²) in [6.45, 7) is 16.9. The second kappa shape index (κ2) is 13.8. The summed E-state index contributed by atoms with van der Waals surface area (Å²) in [4.78, 5) is 46.1. The van der Waals surface area contributed by atoms with Crippen molar-refractivity contribution in [3.63, 3.8) is 0 Å². The predicted molar refractivity (Wildman–Crippen MR) is 157 cm³/mol. The Morgan fingerprint density at radius 1 is 0.905 bits per heavy atom. The molecule has 5 unspecified atom stereocenters. The minimum atomic E-state index is -0.974. The first-order chi connectivity index (χ1) is 19.4. The summed E-state index contributed by atoms with van der Waals surface area (Å²) in [6, 6.07) is 2.15. The molecule has 4 rings (SSSR count). The van der Waals surface area contributed by atoms with Crippen molar-refractivity contribution < 1.29 is 38.5 Å². The number of carboxylic acid groups (broad SMARTS) is 1. The number of nitriles is 1. The lowest BCUT2D eigenvalue weighted by Gasteiger charge is -2.30. The largest absolute Gasteiger partial charge is 0.481 e. The molecule has 42 heavy (non-hydrogen) atoms. The van der Waals surface area contributed by atoms with Gasteiger partial charge in [-0.3, -0.25) is 19.2 Å². The van der Waals surface area contributed by atoms with Crippen LogP contribution in [0.4, 0.5) is 0 Å². The maximum atomic E-state index is 12.2. The Balaban J connectivity index is 0.000000245.